The lowest BCUT2D eigenvalue weighted by Crippen LogP contribution is -2.45. The summed E-state index contributed by atoms with van der Waals surface area (Å²) in [5, 5.41) is 4.83. The van der Waals surface area contributed by atoms with E-state index < -0.39 is 0 Å². The molecule has 1 fully saturated rings. The Morgan fingerprint density at radius 1 is 1.13 bits per heavy atom. The summed E-state index contributed by atoms with van der Waals surface area (Å²) in [5.41, 5.74) is 10.6. The molecule has 2 aromatic carbocycles. The van der Waals surface area contributed by atoms with Gasteiger partial charge in [0.2, 0.25) is 0 Å². The molecule has 2 N–H and O–H groups in total. The molecular formula is C24H29ClN4O. The Kier molecular flexibility index (Phi) is 6.95. The van der Waals surface area contributed by atoms with Gasteiger partial charge in [0.15, 0.2) is 0 Å². The molecule has 1 amide bonds. The second-order valence-corrected chi connectivity index (χ2v) is 8.00. The Morgan fingerprint density at radius 2 is 1.83 bits per heavy atom. The predicted molar refractivity (Wildman–Crippen MR) is 123 cm³/mol. The zero-order valence-corrected chi connectivity index (χ0v) is 18.3. The fourth-order valence-electron chi connectivity index (χ4n) is 4.07. The first kappa shape index (κ1) is 22.1. The van der Waals surface area contributed by atoms with Crippen LogP contribution in [0.25, 0.3) is 16.9 Å². The maximum Gasteiger partial charge on any atom is 0.257 e. The average molecular weight is 425 g/mol. The van der Waals surface area contributed by atoms with Crippen molar-refractivity contribution in [2.24, 2.45) is 11.7 Å². The molecule has 158 valence electrons. The average Bonchev–Trinajstić information content (AvgIpc) is 3.19. The van der Waals surface area contributed by atoms with Crippen LogP contribution in [-0.2, 0) is 0 Å². The predicted octanol–water partition coefficient (Wildman–Crippen LogP) is 4.47. The third-order valence-corrected chi connectivity index (χ3v) is 5.85. The van der Waals surface area contributed by atoms with Crippen molar-refractivity contribution < 1.29 is 4.79 Å². The van der Waals surface area contributed by atoms with Gasteiger partial charge in [0.1, 0.15) is 5.69 Å². The summed E-state index contributed by atoms with van der Waals surface area (Å²) in [5.74, 6) is 0.384. The third kappa shape index (κ3) is 4.42. The van der Waals surface area contributed by atoms with E-state index in [-0.39, 0.29) is 24.4 Å². The maximum absolute atomic E-state index is 13.5. The molecule has 0 bridgehead atoms. The number of aromatic nitrogens is 2. The number of amides is 1. The summed E-state index contributed by atoms with van der Waals surface area (Å²) >= 11 is 0. The van der Waals surface area contributed by atoms with E-state index >= 15 is 0 Å². The second kappa shape index (κ2) is 9.45. The lowest BCUT2D eigenvalue weighted by Gasteiger charge is -2.34. The summed E-state index contributed by atoms with van der Waals surface area (Å²) < 4.78 is 1.81. The van der Waals surface area contributed by atoms with Crippen molar-refractivity contribution in [1.29, 1.82) is 0 Å². The molecule has 0 radical (unpaired) electrons. The molecule has 6 heteroatoms. The van der Waals surface area contributed by atoms with E-state index in [1.165, 1.54) is 0 Å². The highest BCUT2D eigenvalue weighted by Crippen LogP contribution is 2.29. The Balaban J connectivity index is 0.00000256. The lowest BCUT2D eigenvalue weighted by molar-refractivity contribution is 0.0661. The molecule has 0 saturated carbocycles. The largest absolute Gasteiger partial charge is 0.338 e. The number of rotatable bonds is 4. The number of aryl methyl sites for hydroxylation is 1. The van der Waals surface area contributed by atoms with Gasteiger partial charge < -0.3 is 10.6 Å². The van der Waals surface area contributed by atoms with Crippen LogP contribution < -0.4 is 5.73 Å². The van der Waals surface area contributed by atoms with Crippen molar-refractivity contribution in [1.82, 2.24) is 14.7 Å². The van der Waals surface area contributed by atoms with E-state index in [4.69, 9.17) is 10.8 Å². The van der Waals surface area contributed by atoms with Crippen LogP contribution >= 0.6 is 12.4 Å². The van der Waals surface area contributed by atoms with Gasteiger partial charge in [-0.1, -0.05) is 42.5 Å². The zero-order valence-electron chi connectivity index (χ0n) is 17.5. The number of benzene rings is 2. The number of nitrogens with zero attached hydrogens (tertiary/aromatic N) is 3. The SMILES string of the molecule is Cc1ccccc1-c1nn(-c2ccccc2)cc1C(=O)N1CCCC(C(C)N)C1.Cl. The van der Waals surface area contributed by atoms with Gasteiger partial charge in [0.05, 0.1) is 11.3 Å². The van der Waals surface area contributed by atoms with Gasteiger partial charge in [-0.15, -0.1) is 12.4 Å². The molecule has 0 aliphatic carbocycles. The molecule has 3 aromatic rings. The van der Waals surface area contributed by atoms with Crippen molar-refractivity contribution in [3.05, 3.63) is 71.9 Å². The van der Waals surface area contributed by atoms with Gasteiger partial charge in [0.25, 0.3) is 5.91 Å². The van der Waals surface area contributed by atoms with Crippen molar-refractivity contribution in [3.8, 4) is 16.9 Å². The van der Waals surface area contributed by atoms with Gasteiger partial charge in [-0.25, -0.2) is 4.68 Å². The molecule has 1 aliphatic heterocycles. The monoisotopic (exact) mass is 424 g/mol. The molecule has 1 aromatic heterocycles. The second-order valence-electron chi connectivity index (χ2n) is 8.00. The van der Waals surface area contributed by atoms with Gasteiger partial charge >= 0.3 is 0 Å². The summed E-state index contributed by atoms with van der Waals surface area (Å²) in [6, 6.07) is 18.1. The van der Waals surface area contributed by atoms with Crippen molar-refractivity contribution >= 4 is 18.3 Å². The van der Waals surface area contributed by atoms with Crippen LogP contribution in [0.15, 0.2) is 60.8 Å². The maximum atomic E-state index is 13.5. The number of para-hydroxylation sites is 1. The minimum atomic E-state index is 0. The van der Waals surface area contributed by atoms with Crippen LogP contribution in [0.4, 0.5) is 0 Å². The van der Waals surface area contributed by atoms with E-state index in [1.807, 2.05) is 71.2 Å². The van der Waals surface area contributed by atoms with Crippen LogP contribution in [0.1, 0.15) is 35.7 Å². The minimum Gasteiger partial charge on any atom is -0.338 e. The van der Waals surface area contributed by atoms with Crippen molar-refractivity contribution in [2.45, 2.75) is 32.7 Å². The van der Waals surface area contributed by atoms with E-state index in [9.17, 15) is 4.79 Å². The first-order chi connectivity index (χ1) is 14.0. The first-order valence-corrected chi connectivity index (χ1v) is 10.3. The third-order valence-electron chi connectivity index (χ3n) is 5.85. The summed E-state index contributed by atoms with van der Waals surface area (Å²) in [6.45, 7) is 5.56. The topological polar surface area (TPSA) is 64.2 Å². The standard InChI is InChI=1S/C24H28N4O.ClH/c1-17-9-6-7-13-21(17)23-22(16-28(26-23)20-11-4-3-5-12-20)24(29)27-14-8-10-19(15-27)18(2)25;/h3-7,9,11-13,16,18-19H,8,10,14-15,25H2,1-2H3;1H. The molecule has 0 spiro atoms. The number of hydrogen-bond donors (Lipinski definition) is 1. The van der Waals surface area contributed by atoms with Gasteiger partial charge in [-0.3, -0.25) is 4.79 Å². The molecule has 1 saturated heterocycles. The zero-order chi connectivity index (χ0) is 20.4. The van der Waals surface area contributed by atoms with Crippen molar-refractivity contribution in [3.63, 3.8) is 0 Å². The Labute approximate surface area is 184 Å². The summed E-state index contributed by atoms with van der Waals surface area (Å²) in [6.07, 6.45) is 3.94. The Bertz CT molecular complexity index is 999. The number of likely N-dealkylation sites (tertiary alicyclic amines) is 1. The van der Waals surface area contributed by atoms with Crippen LogP contribution in [-0.4, -0.2) is 39.7 Å². The number of hydrogen-bond acceptors (Lipinski definition) is 3. The van der Waals surface area contributed by atoms with Crippen molar-refractivity contribution in [2.75, 3.05) is 13.1 Å². The number of piperidine rings is 1. The molecule has 1 aliphatic rings. The lowest BCUT2D eigenvalue weighted by atomic mass is 9.91. The van der Waals surface area contributed by atoms with Gasteiger partial charge in [0, 0.05) is 30.9 Å². The number of halogens is 1. The fourth-order valence-corrected chi connectivity index (χ4v) is 4.07. The molecule has 30 heavy (non-hydrogen) atoms. The van der Waals surface area contributed by atoms with Gasteiger partial charge in [-0.05, 0) is 50.3 Å². The van der Waals surface area contributed by atoms with Crippen LogP contribution in [0, 0.1) is 12.8 Å². The van der Waals surface area contributed by atoms with Crippen LogP contribution in [0.3, 0.4) is 0 Å². The molecule has 2 heterocycles. The number of nitrogens with two attached hydrogens (primary N) is 1. The molecule has 4 rings (SSSR count). The minimum absolute atomic E-state index is 0. The van der Waals surface area contributed by atoms with Crippen LogP contribution in [0.2, 0.25) is 0 Å². The Morgan fingerprint density at radius 3 is 2.53 bits per heavy atom. The molecule has 2 atom stereocenters. The van der Waals surface area contributed by atoms with E-state index in [1.54, 1.807) is 0 Å². The summed E-state index contributed by atoms with van der Waals surface area (Å²) in [7, 11) is 0. The highest BCUT2D eigenvalue weighted by Gasteiger charge is 2.29. The molecule has 2 unspecified atom stereocenters. The highest BCUT2D eigenvalue weighted by atomic mass is 35.5. The van der Waals surface area contributed by atoms with Gasteiger partial charge in [-0.2, -0.15) is 5.10 Å². The quantitative estimate of drug-likeness (QED) is 0.672. The summed E-state index contributed by atoms with van der Waals surface area (Å²) in [4.78, 5) is 15.5. The smallest absolute Gasteiger partial charge is 0.257 e. The van der Waals surface area contributed by atoms with E-state index in [2.05, 4.69) is 13.0 Å². The van der Waals surface area contributed by atoms with Crippen LogP contribution in [0.5, 0.6) is 0 Å². The molecule has 5 nitrogen and oxygen atoms in total. The highest BCUT2D eigenvalue weighted by molar-refractivity contribution is 6.00. The first-order valence-electron chi connectivity index (χ1n) is 10.3. The fraction of sp³-hybridized carbons (Fsp3) is 0.333. The number of carbonyl (C=O) groups excluding carboxylic acids is 1. The Hall–Kier alpha value is -2.63. The number of carbonyl (C=O) groups is 1. The normalized spacial score (nSPS) is 17.3. The van der Waals surface area contributed by atoms with E-state index in [0.29, 0.717) is 18.0 Å². The molecular weight excluding hydrogens is 396 g/mol. The van der Waals surface area contributed by atoms with E-state index in [0.717, 1.165) is 41.9 Å².